The predicted octanol–water partition coefficient (Wildman–Crippen LogP) is 3.50. The number of rotatable bonds is 7. The Hall–Kier alpha value is -3.72. The second-order valence-electron chi connectivity index (χ2n) is 6.50. The lowest BCUT2D eigenvalue weighted by molar-refractivity contribution is -0.123. The van der Waals surface area contributed by atoms with E-state index in [9.17, 15) is 9.59 Å². The molecule has 1 N–H and O–H groups in total. The summed E-state index contributed by atoms with van der Waals surface area (Å²) in [5, 5.41) is 2.64. The van der Waals surface area contributed by atoms with Crippen LogP contribution in [-0.2, 0) is 11.3 Å². The molecule has 3 rings (SSSR count). The van der Waals surface area contributed by atoms with Crippen molar-refractivity contribution in [3.8, 4) is 23.8 Å². The van der Waals surface area contributed by atoms with Crippen LogP contribution in [0.5, 0.6) is 11.5 Å². The van der Waals surface area contributed by atoms with Gasteiger partial charge in [0.05, 0.1) is 13.2 Å². The van der Waals surface area contributed by atoms with Crippen molar-refractivity contribution >= 4 is 18.0 Å². The average Bonchev–Trinajstić information content (AvgIpc) is 2.95. The number of ether oxygens (including phenoxy) is 2. The molecule has 6 nitrogen and oxygen atoms in total. The molecule has 0 unspecified atom stereocenters. The third-order valence-corrected chi connectivity index (χ3v) is 4.28. The topological polar surface area (TPSA) is 67.9 Å². The molecule has 1 fully saturated rings. The molecule has 0 saturated carbocycles. The number of benzene rings is 2. The van der Waals surface area contributed by atoms with Crippen LogP contribution in [0.25, 0.3) is 6.08 Å². The summed E-state index contributed by atoms with van der Waals surface area (Å²) >= 11 is 0. The van der Waals surface area contributed by atoms with Crippen LogP contribution in [0.4, 0.5) is 4.79 Å². The summed E-state index contributed by atoms with van der Waals surface area (Å²) in [4.78, 5) is 26.2. The van der Waals surface area contributed by atoms with Gasteiger partial charge in [-0.3, -0.25) is 9.69 Å². The van der Waals surface area contributed by atoms with Gasteiger partial charge in [0.15, 0.2) is 11.5 Å². The minimum Gasteiger partial charge on any atom is -0.490 e. The first kappa shape index (κ1) is 20.0. The number of nitrogens with one attached hydrogen (secondary N) is 1. The van der Waals surface area contributed by atoms with E-state index in [0.717, 1.165) is 11.1 Å². The summed E-state index contributed by atoms with van der Waals surface area (Å²) in [6, 6.07) is 12.5. The Bertz CT molecular complexity index is 1000. The van der Waals surface area contributed by atoms with E-state index >= 15 is 0 Å². The molecule has 1 heterocycles. The van der Waals surface area contributed by atoms with Gasteiger partial charge >= 0.3 is 6.03 Å². The molecular weight excluding hydrogens is 368 g/mol. The average molecular weight is 390 g/mol. The van der Waals surface area contributed by atoms with Gasteiger partial charge in [0.1, 0.15) is 12.3 Å². The number of hydrogen-bond donors (Lipinski definition) is 1. The first-order valence-electron chi connectivity index (χ1n) is 9.25. The maximum Gasteiger partial charge on any atom is 0.329 e. The van der Waals surface area contributed by atoms with Crippen molar-refractivity contribution in [1.82, 2.24) is 10.2 Å². The van der Waals surface area contributed by atoms with Gasteiger partial charge in [-0.15, -0.1) is 6.42 Å². The Kier molecular flexibility index (Phi) is 6.20. The first-order chi connectivity index (χ1) is 14.0. The number of aryl methyl sites for hydroxylation is 1. The van der Waals surface area contributed by atoms with Crippen LogP contribution in [-0.4, -0.2) is 30.1 Å². The number of terminal acetylenes is 1. The zero-order valence-corrected chi connectivity index (χ0v) is 16.4. The molecular formula is C23H22N2O4. The van der Waals surface area contributed by atoms with E-state index in [1.54, 1.807) is 24.3 Å². The standard InChI is InChI=1S/C23H22N2O4/c1-4-11-29-20-10-9-17(14-21(20)28-5-2)13-19-22(26)25(23(27)24-19)15-18-8-6-7-16(3)12-18/h1,6-10,12-14H,5,11,15H2,2-3H3,(H,24,27)/b19-13+. The molecule has 3 amide bonds. The largest absolute Gasteiger partial charge is 0.490 e. The molecule has 0 atom stereocenters. The molecule has 2 aromatic carbocycles. The van der Waals surface area contributed by atoms with Crippen molar-refractivity contribution in [3.05, 3.63) is 64.9 Å². The van der Waals surface area contributed by atoms with E-state index in [4.69, 9.17) is 15.9 Å². The maximum absolute atomic E-state index is 12.7. The Labute approximate surface area is 170 Å². The van der Waals surface area contributed by atoms with Gasteiger partial charge in [-0.2, -0.15) is 0 Å². The molecule has 2 aromatic rings. The fourth-order valence-electron chi connectivity index (χ4n) is 3.00. The molecule has 0 spiro atoms. The summed E-state index contributed by atoms with van der Waals surface area (Å²) in [6.07, 6.45) is 6.85. The van der Waals surface area contributed by atoms with Crippen LogP contribution in [0.1, 0.15) is 23.6 Å². The smallest absolute Gasteiger partial charge is 0.329 e. The molecule has 0 aromatic heterocycles. The fourth-order valence-corrected chi connectivity index (χ4v) is 3.00. The van der Waals surface area contributed by atoms with Gasteiger partial charge in [0.25, 0.3) is 5.91 Å². The molecule has 0 aliphatic carbocycles. The van der Waals surface area contributed by atoms with Gasteiger partial charge in [-0.05, 0) is 43.2 Å². The Balaban J connectivity index is 1.81. The number of imide groups is 1. The number of nitrogens with zero attached hydrogens (tertiary/aromatic N) is 1. The third-order valence-electron chi connectivity index (χ3n) is 4.28. The lowest BCUT2D eigenvalue weighted by Crippen LogP contribution is -2.30. The number of urea groups is 1. The highest BCUT2D eigenvalue weighted by molar-refractivity contribution is 6.13. The van der Waals surface area contributed by atoms with Gasteiger partial charge in [0.2, 0.25) is 0 Å². The van der Waals surface area contributed by atoms with Gasteiger partial charge in [-0.1, -0.05) is 41.8 Å². The second kappa shape index (κ2) is 8.98. The summed E-state index contributed by atoms with van der Waals surface area (Å²) < 4.78 is 11.1. The summed E-state index contributed by atoms with van der Waals surface area (Å²) in [7, 11) is 0. The Morgan fingerprint density at radius 2 is 1.97 bits per heavy atom. The summed E-state index contributed by atoms with van der Waals surface area (Å²) in [5.74, 6) is 3.08. The number of carbonyl (C=O) groups is 2. The van der Waals surface area contributed by atoms with Crippen LogP contribution in [0.2, 0.25) is 0 Å². The molecule has 1 aliphatic heterocycles. The summed E-state index contributed by atoms with van der Waals surface area (Å²) in [6.45, 7) is 4.62. The lowest BCUT2D eigenvalue weighted by Gasteiger charge is -2.12. The van der Waals surface area contributed by atoms with Crippen LogP contribution >= 0.6 is 0 Å². The van der Waals surface area contributed by atoms with E-state index in [2.05, 4.69) is 11.2 Å². The predicted molar refractivity (Wildman–Crippen MR) is 110 cm³/mol. The van der Waals surface area contributed by atoms with Crippen LogP contribution < -0.4 is 14.8 Å². The highest BCUT2D eigenvalue weighted by atomic mass is 16.5. The zero-order valence-electron chi connectivity index (χ0n) is 16.4. The van der Waals surface area contributed by atoms with Crippen LogP contribution in [0, 0.1) is 19.3 Å². The van der Waals surface area contributed by atoms with Crippen molar-refractivity contribution in [2.45, 2.75) is 20.4 Å². The van der Waals surface area contributed by atoms with Crippen molar-refractivity contribution in [1.29, 1.82) is 0 Å². The highest BCUT2D eigenvalue weighted by Crippen LogP contribution is 2.29. The number of amides is 3. The first-order valence-corrected chi connectivity index (χ1v) is 9.25. The van der Waals surface area contributed by atoms with Crippen molar-refractivity contribution < 1.29 is 19.1 Å². The lowest BCUT2D eigenvalue weighted by atomic mass is 10.1. The van der Waals surface area contributed by atoms with Crippen molar-refractivity contribution in [2.75, 3.05) is 13.2 Å². The molecule has 1 saturated heterocycles. The van der Waals surface area contributed by atoms with Crippen molar-refractivity contribution in [2.24, 2.45) is 0 Å². The minimum absolute atomic E-state index is 0.128. The van der Waals surface area contributed by atoms with E-state index in [0.29, 0.717) is 23.7 Å². The summed E-state index contributed by atoms with van der Waals surface area (Å²) in [5.41, 5.74) is 2.87. The third kappa shape index (κ3) is 4.77. The molecule has 0 bridgehead atoms. The Morgan fingerprint density at radius 3 is 2.69 bits per heavy atom. The maximum atomic E-state index is 12.7. The van der Waals surface area contributed by atoms with Gasteiger partial charge < -0.3 is 14.8 Å². The van der Waals surface area contributed by atoms with E-state index in [1.807, 2.05) is 38.1 Å². The molecule has 1 aliphatic rings. The molecule has 29 heavy (non-hydrogen) atoms. The Morgan fingerprint density at radius 1 is 1.14 bits per heavy atom. The number of carbonyl (C=O) groups excluding carboxylic acids is 2. The molecule has 6 heteroatoms. The normalized spacial score (nSPS) is 14.7. The molecule has 0 radical (unpaired) electrons. The second-order valence-corrected chi connectivity index (χ2v) is 6.50. The SMILES string of the molecule is C#CCOc1ccc(/C=C2/NC(=O)N(Cc3cccc(C)c3)C2=O)cc1OCC. The molecule has 148 valence electrons. The minimum atomic E-state index is -0.443. The van der Waals surface area contributed by atoms with Crippen molar-refractivity contribution in [3.63, 3.8) is 0 Å². The van der Waals surface area contributed by atoms with Gasteiger partial charge in [-0.25, -0.2) is 4.79 Å². The monoisotopic (exact) mass is 390 g/mol. The highest BCUT2D eigenvalue weighted by Gasteiger charge is 2.33. The van der Waals surface area contributed by atoms with E-state index in [-0.39, 0.29) is 24.8 Å². The zero-order chi connectivity index (χ0) is 20.8. The number of hydrogen-bond acceptors (Lipinski definition) is 4. The van der Waals surface area contributed by atoms with Gasteiger partial charge in [0, 0.05) is 0 Å². The quantitative estimate of drug-likeness (QED) is 0.446. The fraction of sp³-hybridized carbons (Fsp3) is 0.217. The van der Waals surface area contributed by atoms with E-state index in [1.165, 1.54) is 4.90 Å². The van der Waals surface area contributed by atoms with Crippen LogP contribution in [0.3, 0.4) is 0 Å². The van der Waals surface area contributed by atoms with Crippen LogP contribution in [0.15, 0.2) is 48.2 Å². The van der Waals surface area contributed by atoms with E-state index < -0.39 is 6.03 Å².